The van der Waals surface area contributed by atoms with Crippen molar-refractivity contribution < 1.29 is 5.11 Å². The Balaban J connectivity index is 2.77. The summed E-state index contributed by atoms with van der Waals surface area (Å²) >= 11 is 0. The summed E-state index contributed by atoms with van der Waals surface area (Å²) in [6.07, 6.45) is 1.94. The van der Waals surface area contributed by atoms with Gasteiger partial charge >= 0.3 is 0 Å². The van der Waals surface area contributed by atoms with Crippen LogP contribution in [0.5, 0.6) is 0 Å². The summed E-state index contributed by atoms with van der Waals surface area (Å²) in [5, 5.41) is 9.68. The molecule has 0 aromatic heterocycles. The molecule has 0 fully saturated rings. The zero-order valence-electron chi connectivity index (χ0n) is 8.90. The Morgan fingerprint density at radius 2 is 1.71 bits per heavy atom. The molecule has 0 unspecified atom stereocenters. The number of aliphatic hydroxyl groups is 1. The Hall–Kier alpha value is -1.08. The van der Waals surface area contributed by atoms with Crippen LogP contribution in [0.2, 0.25) is 0 Å². The molecular weight excluding hydrogens is 172 g/mol. The summed E-state index contributed by atoms with van der Waals surface area (Å²) in [6.45, 7) is 7.94. The lowest BCUT2D eigenvalue weighted by atomic mass is 9.99. The molecule has 1 aromatic rings. The molecule has 0 spiro atoms. The van der Waals surface area contributed by atoms with Crippen LogP contribution in [0, 0.1) is 0 Å². The maximum atomic E-state index is 9.68. The van der Waals surface area contributed by atoms with E-state index < -0.39 is 6.10 Å². The van der Waals surface area contributed by atoms with E-state index in [0.717, 1.165) is 5.56 Å². The molecule has 1 aromatic carbocycles. The van der Waals surface area contributed by atoms with Crippen molar-refractivity contribution in [3.63, 3.8) is 0 Å². The quantitative estimate of drug-likeness (QED) is 0.721. The van der Waals surface area contributed by atoms with Crippen LogP contribution in [-0.2, 0) is 0 Å². The first-order valence-corrected chi connectivity index (χ1v) is 5.04. The van der Waals surface area contributed by atoms with Crippen molar-refractivity contribution in [1.29, 1.82) is 0 Å². The van der Waals surface area contributed by atoms with Gasteiger partial charge in [0.1, 0.15) is 0 Å². The molecule has 0 amide bonds. The number of hydrogen-bond acceptors (Lipinski definition) is 1. The molecular formula is C13H18O. The molecule has 0 aliphatic heterocycles. The van der Waals surface area contributed by atoms with Gasteiger partial charge in [-0.25, -0.2) is 0 Å². The predicted molar refractivity (Wildman–Crippen MR) is 60.3 cm³/mol. The molecule has 0 aliphatic rings. The normalized spacial score (nSPS) is 12.9. The molecule has 1 nitrogen and oxygen atoms in total. The van der Waals surface area contributed by atoms with Crippen LogP contribution in [0.25, 0.3) is 0 Å². The van der Waals surface area contributed by atoms with Crippen LogP contribution in [0.4, 0.5) is 0 Å². The zero-order valence-corrected chi connectivity index (χ0v) is 8.90. The third-order valence-electron chi connectivity index (χ3n) is 2.38. The van der Waals surface area contributed by atoms with Gasteiger partial charge < -0.3 is 5.11 Å². The monoisotopic (exact) mass is 190 g/mol. The second kappa shape index (κ2) is 4.97. The summed E-state index contributed by atoms with van der Waals surface area (Å²) in [5.41, 5.74) is 2.27. The minimum atomic E-state index is -0.409. The Kier molecular flexibility index (Phi) is 3.90. The van der Waals surface area contributed by atoms with Crippen LogP contribution >= 0.6 is 0 Å². The third kappa shape index (κ3) is 2.71. The highest BCUT2D eigenvalue weighted by Crippen LogP contribution is 2.20. The molecule has 1 atom stereocenters. The van der Waals surface area contributed by atoms with Crippen molar-refractivity contribution in [3.05, 3.63) is 48.0 Å². The summed E-state index contributed by atoms with van der Waals surface area (Å²) in [4.78, 5) is 0. The van der Waals surface area contributed by atoms with Crippen molar-refractivity contribution in [2.75, 3.05) is 0 Å². The van der Waals surface area contributed by atoms with Gasteiger partial charge in [0.2, 0.25) is 0 Å². The Bertz CT molecular complexity index is 285. The topological polar surface area (TPSA) is 20.2 Å². The predicted octanol–water partition coefficient (Wildman–Crippen LogP) is 3.42. The standard InChI is InChI=1S/C13H18O/c1-4-5-13(14)12-8-6-11(7-9-12)10(2)3/h4,6-10,13-14H,1,5H2,2-3H3/t13-/m0/s1. The van der Waals surface area contributed by atoms with E-state index in [1.807, 2.05) is 12.1 Å². The average molecular weight is 190 g/mol. The highest BCUT2D eigenvalue weighted by molar-refractivity contribution is 5.26. The lowest BCUT2D eigenvalue weighted by molar-refractivity contribution is 0.181. The molecule has 0 aliphatic carbocycles. The van der Waals surface area contributed by atoms with Gasteiger partial charge in [0, 0.05) is 0 Å². The minimum Gasteiger partial charge on any atom is -0.388 e. The van der Waals surface area contributed by atoms with Crippen LogP contribution in [0.1, 0.15) is 43.4 Å². The fourth-order valence-electron chi connectivity index (χ4n) is 1.40. The van der Waals surface area contributed by atoms with E-state index in [2.05, 4.69) is 32.6 Å². The molecule has 0 bridgehead atoms. The van der Waals surface area contributed by atoms with Crippen LogP contribution in [0.3, 0.4) is 0 Å². The van der Waals surface area contributed by atoms with Gasteiger partial charge in [-0.05, 0) is 23.5 Å². The first kappa shape index (κ1) is 11.0. The summed E-state index contributed by atoms with van der Waals surface area (Å²) < 4.78 is 0. The van der Waals surface area contributed by atoms with Gasteiger partial charge in [-0.3, -0.25) is 0 Å². The van der Waals surface area contributed by atoms with E-state index in [-0.39, 0.29) is 0 Å². The number of aliphatic hydroxyl groups excluding tert-OH is 1. The van der Waals surface area contributed by atoms with Crippen molar-refractivity contribution >= 4 is 0 Å². The van der Waals surface area contributed by atoms with Crippen LogP contribution in [0.15, 0.2) is 36.9 Å². The molecule has 14 heavy (non-hydrogen) atoms. The SMILES string of the molecule is C=CC[C@H](O)c1ccc(C(C)C)cc1. The maximum Gasteiger partial charge on any atom is 0.0824 e. The smallest absolute Gasteiger partial charge is 0.0824 e. The number of hydrogen-bond donors (Lipinski definition) is 1. The molecule has 1 N–H and O–H groups in total. The van der Waals surface area contributed by atoms with Crippen LogP contribution in [-0.4, -0.2) is 5.11 Å². The van der Waals surface area contributed by atoms with Gasteiger partial charge in [-0.1, -0.05) is 44.2 Å². The van der Waals surface area contributed by atoms with Gasteiger partial charge in [-0.15, -0.1) is 6.58 Å². The van der Waals surface area contributed by atoms with E-state index in [1.165, 1.54) is 5.56 Å². The van der Waals surface area contributed by atoms with E-state index >= 15 is 0 Å². The lowest BCUT2D eigenvalue weighted by Gasteiger charge is -2.10. The van der Waals surface area contributed by atoms with E-state index in [1.54, 1.807) is 6.08 Å². The lowest BCUT2D eigenvalue weighted by Crippen LogP contribution is -1.96. The molecule has 0 heterocycles. The average Bonchev–Trinajstić information content (AvgIpc) is 2.18. The van der Waals surface area contributed by atoms with Gasteiger partial charge in [-0.2, -0.15) is 0 Å². The largest absolute Gasteiger partial charge is 0.388 e. The summed E-state index contributed by atoms with van der Waals surface area (Å²) in [6, 6.07) is 8.13. The molecule has 0 saturated heterocycles. The summed E-state index contributed by atoms with van der Waals surface area (Å²) in [5.74, 6) is 0.542. The number of rotatable bonds is 4. The highest BCUT2D eigenvalue weighted by atomic mass is 16.3. The van der Waals surface area contributed by atoms with E-state index in [4.69, 9.17) is 0 Å². The first-order chi connectivity index (χ1) is 6.65. The summed E-state index contributed by atoms with van der Waals surface area (Å²) in [7, 11) is 0. The second-order valence-corrected chi connectivity index (χ2v) is 3.86. The fraction of sp³-hybridized carbons (Fsp3) is 0.385. The van der Waals surface area contributed by atoms with Crippen molar-refractivity contribution in [2.24, 2.45) is 0 Å². The van der Waals surface area contributed by atoms with E-state index in [9.17, 15) is 5.11 Å². The van der Waals surface area contributed by atoms with Crippen molar-refractivity contribution in [2.45, 2.75) is 32.3 Å². The maximum absolute atomic E-state index is 9.68. The number of benzene rings is 1. The first-order valence-electron chi connectivity index (χ1n) is 5.04. The zero-order chi connectivity index (χ0) is 10.6. The second-order valence-electron chi connectivity index (χ2n) is 3.86. The molecule has 1 rings (SSSR count). The molecule has 0 radical (unpaired) electrons. The molecule has 1 heteroatoms. The van der Waals surface area contributed by atoms with Crippen molar-refractivity contribution in [1.82, 2.24) is 0 Å². The Morgan fingerprint density at radius 1 is 1.21 bits per heavy atom. The third-order valence-corrected chi connectivity index (χ3v) is 2.38. The van der Waals surface area contributed by atoms with Crippen molar-refractivity contribution in [3.8, 4) is 0 Å². The van der Waals surface area contributed by atoms with Crippen LogP contribution < -0.4 is 0 Å². The van der Waals surface area contributed by atoms with E-state index in [0.29, 0.717) is 12.3 Å². The Morgan fingerprint density at radius 3 is 2.14 bits per heavy atom. The van der Waals surface area contributed by atoms with Gasteiger partial charge in [0.05, 0.1) is 6.10 Å². The minimum absolute atomic E-state index is 0.409. The fourth-order valence-corrected chi connectivity index (χ4v) is 1.40. The highest BCUT2D eigenvalue weighted by Gasteiger charge is 2.05. The Labute approximate surface area is 86.1 Å². The van der Waals surface area contributed by atoms with Gasteiger partial charge in [0.25, 0.3) is 0 Å². The van der Waals surface area contributed by atoms with Gasteiger partial charge in [0.15, 0.2) is 0 Å². The molecule has 0 saturated carbocycles. The molecule has 76 valence electrons.